The monoisotopic (exact) mass is 249 g/mol. The van der Waals surface area contributed by atoms with Gasteiger partial charge in [0, 0.05) is 12.3 Å². The van der Waals surface area contributed by atoms with Gasteiger partial charge in [0.15, 0.2) is 0 Å². The largest absolute Gasteiger partial charge is 0.386 e. The molecule has 0 bridgehead atoms. The fourth-order valence-electron chi connectivity index (χ4n) is 2.36. The Morgan fingerprint density at radius 2 is 1.47 bits per heavy atom. The fourth-order valence-corrected chi connectivity index (χ4v) is 2.36. The van der Waals surface area contributed by atoms with Crippen LogP contribution in [0.25, 0.3) is 0 Å². The van der Waals surface area contributed by atoms with Gasteiger partial charge in [-0.3, -0.25) is 0 Å². The lowest BCUT2D eigenvalue weighted by atomic mass is 9.86. The Morgan fingerprint density at radius 1 is 0.842 bits per heavy atom. The van der Waals surface area contributed by atoms with E-state index in [1.165, 1.54) is 5.56 Å². The van der Waals surface area contributed by atoms with E-state index in [1.54, 1.807) is 0 Å². The minimum absolute atomic E-state index is 0.182. The van der Waals surface area contributed by atoms with Crippen LogP contribution in [-0.4, -0.2) is 11.5 Å². The van der Waals surface area contributed by atoms with Crippen molar-refractivity contribution in [3.05, 3.63) is 71.8 Å². The molecule has 3 nitrogen and oxygen atoms in total. The van der Waals surface area contributed by atoms with E-state index in [2.05, 4.69) is 34.5 Å². The van der Waals surface area contributed by atoms with Crippen molar-refractivity contribution in [1.29, 1.82) is 0 Å². The van der Waals surface area contributed by atoms with Gasteiger partial charge in [-0.2, -0.15) is 5.10 Å². The van der Waals surface area contributed by atoms with Crippen molar-refractivity contribution in [2.45, 2.75) is 12.3 Å². The molecule has 0 aromatic heterocycles. The van der Waals surface area contributed by atoms with Crippen molar-refractivity contribution in [1.82, 2.24) is 0 Å². The standard InChI is InChI=1S/C16H15N3/c17-15-11-14(12-7-3-1-4-8-12)16(19-18-15)13-9-5-2-6-10-13/h1-10,14H,11H2,(H2,17,18). The first-order valence-corrected chi connectivity index (χ1v) is 6.35. The molecule has 0 fully saturated rings. The molecule has 0 aliphatic carbocycles. The summed E-state index contributed by atoms with van der Waals surface area (Å²) in [4.78, 5) is 0. The molecule has 0 saturated carbocycles. The minimum Gasteiger partial charge on any atom is -0.386 e. The molecule has 2 aromatic rings. The highest BCUT2D eigenvalue weighted by Gasteiger charge is 2.24. The van der Waals surface area contributed by atoms with Gasteiger partial charge in [0.2, 0.25) is 0 Å². The van der Waals surface area contributed by atoms with Crippen LogP contribution >= 0.6 is 0 Å². The molecule has 1 aliphatic rings. The summed E-state index contributed by atoms with van der Waals surface area (Å²) in [6.07, 6.45) is 0.720. The van der Waals surface area contributed by atoms with Crippen molar-refractivity contribution in [2.24, 2.45) is 15.9 Å². The van der Waals surface area contributed by atoms with Gasteiger partial charge >= 0.3 is 0 Å². The third kappa shape index (κ3) is 2.40. The number of nitrogens with zero attached hydrogens (tertiary/aromatic N) is 2. The Bertz CT molecular complexity index is 615. The van der Waals surface area contributed by atoms with E-state index in [9.17, 15) is 0 Å². The second kappa shape index (κ2) is 5.06. The molecule has 1 unspecified atom stereocenters. The number of amidine groups is 1. The molecule has 0 saturated heterocycles. The van der Waals surface area contributed by atoms with E-state index in [-0.39, 0.29) is 5.92 Å². The summed E-state index contributed by atoms with van der Waals surface area (Å²) in [5, 5.41) is 8.36. The van der Waals surface area contributed by atoms with E-state index >= 15 is 0 Å². The number of rotatable bonds is 2. The maximum atomic E-state index is 5.85. The Balaban J connectivity index is 2.04. The van der Waals surface area contributed by atoms with Crippen LogP contribution in [0.15, 0.2) is 70.9 Å². The van der Waals surface area contributed by atoms with Crippen LogP contribution in [0.2, 0.25) is 0 Å². The normalized spacial score (nSPS) is 18.6. The first-order chi connectivity index (χ1) is 9.34. The Labute approximate surface area is 112 Å². The van der Waals surface area contributed by atoms with Crippen molar-refractivity contribution in [3.63, 3.8) is 0 Å². The van der Waals surface area contributed by atoms with E-state index in [0.29, 0.717) is 5.84 Å². The fraction of sp³-hybridized carbons (Fsp3) is 0.125. The zero-order chi connectivity index (χ0) is 13.1. The van der Waals surface area contributed by atoms with Crippen LogP contribution in [0.3, 0.4) is 0 Å². The summed E-state index contributed by atoms with van der Waals surface area (Å²) in [6, 6.07) is 20.5. The Morgan fingerprint density at radius 3 is 2.16 bits per heavy atom. The van der Waals surface area contributed by atoms with E-state index in [1.807, 2.05) is 36.4 Å². The number of nitrogens with two attached hydrogens (primary N) is 1. The quantitative estimate of drug-likeness (QED) is 0.874. The summed E-state index contributed by atoms with van der Waals surface area (Å²) in [5.74, 6) is 0.773. The molecular formula is C16H15N3. The van der Waals surface area contributed by atoms with Crippen LogP contribution in [0.4, 0.5) is 0 Å². The highest BCUT2D eigenvalue weighted by atomic mass is 15.2. The lowest BCUT2D eigenvalue weighted by Gasteiger charge is -2.21. The van der Waals surface area contributed by atoms with Gasteiger partial charge in [0.25, 0.3) is 0 Å². The summed E-state index contributed by atoms with van der Waals surface area (Å²) < 4.78 is 0. The molecule has 2 N–H and O–H groups in total. The van der Waals surface area contributed by atoms with Gasteiger partial charge in [0.05, 0.1) is 5.71 Å². The van der Waals surface area contributed by atoms with Crippen LogP contribution < -0.4 is 5.73 Å². The third-order valence-electron chi connectivity index (χ3n) is 3.30. The van der Waals surface area contributed by atoms with Gasteiger partial charge in [-0.15, -0.1) is 5.10 Å². The average molecular weight is 249 g/mol. The van der Waals surface area contributed by atoms with Gasteiger partial charge < -0.3 is 5.73 Å². The number of hydrogen-bond donors (Lipinski definition) is 1. The van der Waals surface area contributed by atoms with Crippen molar-refractivity contribution in [2.75, 3.05) is 0 Å². The molecule has 1 atom stereocenters. The highest BCUT2D eigenvalue weighted by molar-refractivity contribution is 6.08. The van der Waals surface area contributed by atoms with E-state index in [0.717, 1.165) is 17.7 Å². The average Bonchev–Trinajstić information content (AvgIpc) is 2.49. The second-order valence-electron chi connectivity index (χ2n) is 4.61. The van der Waals surface area contributed by atoms with Crippen LogP contribution in [0, 0.1) is 0 Å². The Kier molecular flexibility index (Phi) is 3.11. The SMILES string of the molecule is NC1=NN=C(c2ccccc2)C(c2ccccc2)C1. The van der Waals surface area contributed by atoms with Gasteiger partial charge in [-0.05, 0) is 11.1 Å². The molecule has 3 rings (SSSR count). The van der Waals surface area contributed by atoms with Gasteiger partial charge in [-0.1, -0.05) is 60.7 Å². The summed E-state index contributed by atoms with van der Waals surface area (Å²) >= 11 is 0. The first kappa shape index (κ1) is 11.7. The maximum absolute atomic E-state index is 5.85. The Hall–Kier alpha value is -2.42. The molecule has 3 heteroatoms. The second-order valence-corrected chi connectivity index (χ2v) is 4.61. The molecule has 0 spiro atoms. The maximum Gasteiger partial charge on any atom is 0.123 e. The number of hydrogen-bond acceptors (Lipinski definition) is 3. The molecule has 1 heterocycles. The smallest absolute Gasteiger partial charge is 0.123 e. The van der Waals surface area contributed by atoms with E-state index in [4.69, 9.17) is 5.73 Å². The zero-order valence-corrected chi connectivity index (χ0v) is 10.5. The topological polar surface area (TPSA) is 50.7 Å². The van der Waals surface area contributed by atoms with Gasteiger partial charge in [0.1, 0.15) is 5.84 Å². The minimum atomic E-state index is 0.182. The molecule has 0 amide bonds. The van der Waals surface area contributed by atoms with Crippen LogP contribution in [0.1, 0.15) is 23.5 Å². The summed E-state index contributed by atoms with van der Waals surface area (Å²) in [7, 11) is 0. The lowest BCUT2D eigenvalue weighted by molar-refractivity contribution is 0.887. The predicted octanol–water partition coefficient (Wildman–Crippen LogP) is 2.94. The molecule has 19 heavy (non-hydrogen) atoms. The molecule has 1 aliphatic heterocycles. The predicted molar refractivity (Wildman–Crippen MR) is 78.4 cm³/mol. The van der Waals surface area contributed by atoms with E-state index < -0.39 is 0 Å². The van der Waals surface area contributed by atoms with Crippen LogP contribution in [0.5, 0.6) is 0 Å². The molecule has 0 radical (unpaired) electrons. The van der Waals surface area contributed by atoms with Gasteiger partial charge in [-0.25, -0.2) is 0 Å². The lowest BCUT2D eigenvalue weighted by Crippen LogP contribution is -2.25. The van der Waals surface area contributed by atoms with Crippen molar-refractivity contribution < 1.29 is 0 Å². The third-order valence-corrected chi connectivity index (χ3v) is 3.30. The van der Waals surface area contributed by atoms with Crippen molar-refractivity contribution in [3.8, 4) is 0 Å². The van der Waals surface area contributed by atoms with Crippen molar-refractivity contribution >= 4 is 11.5 Å². The number of benzene rings is 2. The molecule has 2 aromatic carbocycles. The molecule has 94 valence electrons. The first-order valence-electron chi connectivity index (χ1n) is 6.35. The highest BCUT2D eigenvalue weighted by Crippen LogP contribution is 2.27. The summed E-state index contributed by atoms with van der Waals surface area (Å²) in [6.45, 7) is 0. The molecular weight excluding hydrogens is 234 g/mol. The summed E-state index contributed by atoms with van der Waals surface area (Å²) in [5.41, 5.74) is 9.16. The van der Waals surface area contributed by atoms with Crippen LogP contribution in [-0.2, 0) is 0 Å². The zero-order valence-electron chi connectivity index (χ0n) is 10.5.